The maximum Gasteiger partial charge on any atom is 0.320 e. The second kappa shape index (κ2) is 4.82. The fraction of sp³-hybridized carbons (Fsp3) is 0.889. The van der Waals surface area contributed by atoms with Crippen LogP contribution in [-0.2, 0) is 4.79 Å². The molecule has 0 amide bonds. The molecule has 0 unspecified atom stereocenters. The molecule has 0 bridgehead atoms. The summed E-state index contributed by atoms with van der Waals surface area (Å²) in [7, 11) is 0. The zero-order valence-electron chi connectivity index (χ0n) is 7.79. The number of nitrogens with one attached hydrogen (secondary N) is 1. The van der Waals surface area contributed by atoms with Gasteiger partial charge in [0.15, 0.2) is 0 Å². The van der Waals surface area contributed by atoms with Crippen LogP contribution in [0.15, 0.2) is 0 Å². The van der Waals surface area contributed by atoms with Gasteiger partial charge in [0, 0.05) is 11.4 Å². The highest BCUT2D eigenvalue weighted by molar-refractivity contribution is 6.20. The standard InChI is InChI=1S/C9H16ClNO2/c1-6(9(12)13)11-8-4-2-7(10)3-5-8/h6-8,11H,2-5H2,1H3,(H,12,13)/t6-,7?,8?/m0/s1. The Morgan fingerprint density at radius 1 is 1.46 bits per heavy atom. The summed E-state index contributed by atoms with van der Waals surface area (Å²) >= 11 is 5.94. The molecule has 0 aromatic heterocycles. The van der Waals surface area contributed by atoms with E-state index in [1.807, 2.05) is 0 Å². The van der Waals surface area contributed by atoms with Gasteiger partial charge in [-0.15, -0.1) is 11.6 Å². The fourth-order valence-corrected chi connectivity index (χ4v) is 1.90. The highest BCUT2D eigenvalue weighted by atomic mass is 35.5. The van der Waals surface area contributed by atoms with Gasteiger partial charge in [0.05, 0.1) is 0 Å². The zero-order valence-corrected chi connectivity index (χ0v) is 8.55. The molecule has 1 atom stereocenters. The summed E-state index contributed by atoms with van der Waals surface area (Å²) in [6.45, 7) is 1.68. The van der Waals surface area contributed by atoms with Crippen molar-refractivity contribution in [3.63, 3.8) is 0 Å². The van der Waals surface area contributed by atoms with E-state index < -0.39 is 12.0 Å². The van der Waals surface area contributed by atoms with Crippen LogP contribution < -0.4 is 5.32 Å². The van der Waals surface area contributed by atoms with Gasteiger partial charge in [-0.05, 0) is 32.6 Å². The summed E-state index contributed by atoms with van der Waals surface area (Å²) in [5, 5.41) is 12.0. The van der Waals surface area contributed by atoms with E-state index in [1.165, 1.54) is 0 Å². The van der Waals surface area contributed by atoms with E-state index in [4.69, 9.17) is 16.7 Å². The molecule has 1 rings (SSSR count). The molecule has 0 radical (unpaired) electrons. The zero-order chi connectivity index (χ0) is 9.84. The molecular formula is C9H16ClNO2. The first-order chi connectivity index (χ1) is 6.09. The van der Waals surface area contributed by atoms with E-state index in [0.29, 0.717) is 6.04 Å². The Morgan fingerprint density at radius 2 is 2.00 bits per heavy atom. The van der Waals surface area contributed by atoms with Gasteiger partial charge in [-0.25, -0.2) is 0 Å². The summed E-state index contributed by atoms with van der Waals surface area (Å²) in [5.41, 5.74) is 0. The van der Waals surface area contributed by atoms with E-state index in [-0.39, 0.29) is 5.38 Å². The molecule has 3 nitrogen and oxygen atoms in total. The van der Waals surface area contributed by atoms with Crippen LogP contribution in [0.1, 0.15) is 32.6 Å². The molecule has 1 fully saturated rings. The van der Waals surface area contributed by atoms with E-state index in [0.717, 1.165) is 25.7 Å². The SMILES string of the molecule is C[C@H](NC1CCC(Cl)CC1)C(=O)O. The van der Waals surface area contributed by atoms with Gasteiger partial charge in [-0.3, -0.25) is 4.79 Å². The van der Waals surface area contributed by atoms with E-state index in [2.05, 4.69) is 5.32 Å². The van der Waals surface area contributed by atoms with Gasteiger partial charge >= 0.3 is 5.97 Å². The maximum absolute atomic E-state index is 10.5. The molecule has 76 valence electrons. The van der Waals surface area contributed by atoms with Crippen LogP contribution in [0.2, 0.25) is 0 Å². The van der Waals surface area contributed by atoms with Crippen molar-refractivity contribution in [3.05, 3.63) is 0 Å². The van der Waals surface area contributed by atoms with Crippen LogP contribution in [0.4, 0.5) is 0 Å². The third-order valence-electron chi connectivity index (χ3n) is 2.51. The van der Waals surface area contributed by atoms with Crippen molar-refractivity contribution in [2.75, 3.05) is 0 Å². The second-order valence-electron chi connectivity index (χ2n) is 3.68. The number of carbonyl (C=O) groups is 1. The first-order valence-electron chi connectivity index (χ1n) is 4.72. The molecule has 2 N–H and O–H groups in total. The second-order valence-corrected chi connectivity index (χ2v) is 4.29. The lowest BCUT2D eigenvalue weighted by atomic mass is 9.94. The summed E-state index contributed by atoms with van der Waals surface area (Å²) < 4.78 is 0. The lowest BCUT2D eigenvalue weighted by Gasteiger charge is -2.27. The van der Waals surface area contributed by atoms with Crippen molar-refractivity contribution in [2.24, 2.45) is 0 Å². The van der Waals surface area contributed by atoms with Crippen molar-refractivity contribution >= 4 is 17.6 Å². The molecule has 1 aliphatic rings. The average Bonchev–Trinajstić information content (AvgIpc) is 2.08. The van der Waals surface area contributed by atoms with Crippen LogP contribution in [-0.4, -0.2) is 28.5 Å². The quantitative estimate of drug-likeness (QED) is 0.689. The number of aliphatic carboxylic acids is 1. The molecule has 1 saturated carbocycles. The number of carboxylic acids is 1. The molecule has 1 aliphatic carbocycles. The summed E-state index contributed by atoms with van der Waals surface area (Å²) in [5.74, 6) is -0.784. The monoisotopic (exact) mass is 205 g/mol. The summed E-state index contributed by atoms with van der Waals surface area (Å²) in [6, 6.07) is -0.113. The van der Waals surface area contributed by atoms with Crippen LogP contribution in [0.5, 0.6) is 0 Å². The predicted octanol–water partition coefficient (Wildman–Crippen LogP) is 1.60. The van der Waals surface area contributed by atoms with Gasteiger partial charge < -0.3 is 10.4 Å². The van der Waals surface area contributed by atoms with E-state index >= 15 is 0 Å². The Labute approximate surface area is 83.5 Å². The molecular weight excluding hydrogens is 190 g/mol. The number of alkyl halides is 1. The first-order valence-corrected chi connectivity index (χ1v) is 5.16. The van der Waals surface area contributed by atoms with Crippen LogP contribution in [0.25, 0.3) is 0 Å². The van der Waals surface area contributed by atoms with Crippen molar-refractivity contribution in [3.8, 4) is 0 Å². The third kappa shape index (κ3) is 3.53. The smallest absolute Gasteiger partial charge is 0.320 e. The minimum atomic E-state index is -0.784. The van der Waals surface area contributed by atoms with E-state index in [1.54, 1.807) is 6.92 Å². The third-order valence-corrected chi connectivity index (χ3v) is 2.95. The van der Waals surface area contributed by atoms with Gasteiger partial charge in [0.1, 0.15) is 6.04 Å². The van der Waals surface area contributed by atoms with Crippen molar-refractivity contribution in [1.82, 2.24) is 5.32 Å². The number of hydrogen-bond acceptors (Lipinski definition) is 2. The van der Waals surface area contributed by atoms with Gasteiger partial charge in [0.2, 0.25) is 0 Å². The lowest BCUT2D eigenvalue weighted by molar-refractivity contribution is -0.139. The minimum absolute atomic E-state index is 0.290. The molecule has 4 heteroatoms. The van der Waals surface area contributed by atoms with Crippen LogP contribution >= 0.6 is 11.6 Å². The first kappa shape index (κ1) is 10.8. The number of rotatable bonds is 3. The molecule has 0 aromatic carbocycles. The van der Waals surface area contributed by atoms with Crippen molar-refractivity contribution < 1.29 is 9.90 Å². The average molecular weight is 206 g/mol. The summed E-state index contributed by atoms with van der Waals surface area (Å²) in [6.07, 6.45) is 3.97. The van der Waals surface area contributed by atoms with Crippen molar-refractivity contribution in [1.29, 1.82) is 0 Å². The Kier molecular flexibility index (Phi) is 4.00. The maximum atomic E-state index is 10.5. The molecule has 0 aromatic rings. The number of hydrogen-bond donors (Lipinski definition) is 2. The normalized spacial score (nSPS) is 31.2. The lowest BCUT2D eigenvalue weighted by Crippen LogP contribution is -2.43. The minimum Gasteiger partial charge on any atom is -0.480 e. The summed E-state index contributed by atoms with van der Waals surface area (Å²) in [4.78, 5) is 10.5. The Balaban J connectivity index is 2.26. The number of carboxylic acid groups (broad SMARTS) is 1. The molecule has 0 heterocycles. The van der Waals surface area contributed by atoms with Gasteiger partial charge in [-0.2, -0.15) is 0 Å². The van der Waals surface area contributed by atoms with Crippen LogP contribution in [0.3, 0.4) is 0 Å². The fourth-order valence-electron chi connectivity index (χ4n) is 1.64. The van der Waals surface area contributed by atoms with Crippen molar-refractivity contribution in [2.45, 2.75) is 50.1 Å². The van der Waals surface area contributed by atoms with Gasteiger partial charge in [-0.1, -0.05) is 0 Å². The number of halogens is 1. The molecule has 0 aliphatic heterocycles. The molecule has 0 spiro atoms. The van der Waals surface area contributed by atoms with E-state index in [9.17, 15) is 4.79 Å². The van der Waals surface area contributed by atoms with Gasteiger partial charge in [0.25, 0.3) is 0 Å². The Hall–Kier alpha value is -0.280. The van der Waals surface area contributed by atoms with Crippen LogP contribution in [0, 0.1) is 0 Å². The molecule has 13 heavy (non-hydrogen) atoms. The predicted molar refractivity (Wildman–Crippen MR) is 52.1 cm³/mol. The highest BCUT2D eigenvalue weighted by Crippen LogP contribution is 2.22. The molecule has 0 saturated heterocycles. The highest BCUT2D eigenvalue weighted by Gasteiger charge is 2.22. The Bertz CT molecular complexity index is 178. The largest absolute Gasteiger partial charge is 0.480 e. The topological polar surface area (TPSA) is 49.3 Å². The Morgan fingerprint density at radius 3 is 2.46 bits per heavy atom.